The summed E-state index contributed by atoms with van der Waals surface area (Å²) in [4.78, 5) is 14.4. The third kappa shape index (κ3) is 2.78. The van der Waals surface area contributed by atoms with Crippen LogP contribution in [0.5, 0.6) is 0 Å². The lowest BCUT2D eigenvalue weighted by Crippen LogP contribution is -2.31. The maximum Gasteiger partial charge on any atom is 0.226 e. The molecule has 4 heteroatoms. The first-order valence-corrected chi connectivity index (χ1v) is 7.78. The van der Waals surface area contributed by atoms with Crippen LogP contribution in [-0.4, -0.2) is 29.1 Å². The quantitative estimate of drug-likeness (QED) is 0.872. The van der Waals surface area contributed by atoms with E-state index in [1.165, 1.54) is 5.56 Å². The fraction of sp³-hybridized carbons (Fsp3) is 0.444. The van der Waals surface area contributed by atoms with Gasteiger partial charge in [0.05, 0.1) is 5.69 Å². The third-order valence-corrected chi connectivity index (χ3v) is 4.75. The molecule has 1 aromatic heterocycles. The number of rotatable bonds is 4. The lowest BCUT2D eigenvalue weighted by atomic mass is 9.93. The Morgan fingerprint density at radius 3 is 2.59 bits per heavy atom. The molecule has 1 aliphatic rings. The van der Waals surface area contributed by atoms with Gasteiger partial charge >= 0.3 is 0 Å². The van der Waals surface area contributed by atoms with E-state index < -0.39 is 0 Å². The highest BCUT2D eigenvalue weighted by molar-refractivity contribution is 5.81. The van der Waals surface area contributed by atoms with Crippen LogP contribution in [0.15, 0.2) is 34.9 Å². The second-order valence-corrected chi connectivity index (χ2v) is 6.23. The van der Waals surface area contributed by atoms with E-state index >= 15 is 0 Å². The second kappa shape index (κ2) is 5.95. The number of hydrogen-bond donors (Lipinski definition) is 0. The van der Waals surface area contributed by atoms with Crippen LogP contribution in [0, 0.1) is 19.8 Å². The number of aryl methyl sites for hydroxylation is 2. The summed E-state index contributed by atoms with van der Waals surface area (Å²) >= 11 is 0. The molecule has 2 aromatic rings. The number of amides is 1. The molecule has 2 heterocycles. The maximum absolute atomic E-state index is 12.5. The number of nitrogens with zero attached hydrogens (tertiary/aromatic N) is 2. The summed E-state index contributed by atoms with van der Waals surface area (Å²) in [5.74, 6) is 1.11. The number of aromatic nitrogens is 1. The molecular weight excluding hydrogens is 276 g/mol. The van der Waals surface area contributed by atoms with Crippen molar-refractivity contribution in [3.63, 3.8) is 0 Å². The molecule has 1 aromatic carbocycles. The number of carbonyl (C=O) groups excluding carboxylic acids is 1. The van der Waals surface area contributed by atoms with Crippen LogP contribution < -0.4 is 0 Å². The van der Waals surface area contributed by atoms with Gasteiger partial charge < -0.3 is 9.42 Å². The highest BCUT2D eigenvalue weighted by Crippen LogP contribution is 2.30. The Hall–Kier alpha value is -2.10. The summed E-state index contributed by atoms with van der Waals surface area (Å²) < 4.78 is 5.22. The monoisotopic (exact) mass is 298 g/mol. The molecule has 1 unspecified atom stereocenters. The summed E-state index contributed by atoms with van der Waals surface area (Å²) in [6.07, 6.45) is 2.55. The van der Waals surface area contributed by atoms with E-state index in [0.717, 1.165) is 36.3 Å². The summed E-state index contributed by atoms with van der Waals surface area (Å²) in [6.45, 7) is 3.86. The van der Waals surface area contributed by atoms with Gasteiger partial charge in [-0.3, -0.25) is 4.79 Å². The molecule has 0 radical (unpaired) electrons. The van der Waals surface area contributed by atoms with Crippen LogP contribution in [-0.2, 0) is 17.6 Å². The summed E-state index contributed by atoms with van der Waals surface area (Å²) in [7, 11) is 1.92. The lowest BCUT2D eigenvalue weighted by molar-refractivity contribution is -0.130. The molecule has 1 fully saturated rings. The number of carbonyl (C=O) groups is 1. The molecule has 22 heavy (non-hydrogen) atoms. The lowest BCUT2D eigenvalue weighted by Gasteiger charge is -2.19. The Bertz CT molecular complexity index is 643. The second-order valence-electron chi connectivity index (χ2n) is 6.23. The first-order chi connectivity index (χ1) is 10.6. The molecule has 116 valence electrons. The third-order valence-electron chi connectivity index (χ3n) is 4.75. The van der Waals surface area contributed by atoms with Gasteiger partial charge in [-0.05, 0) is 38.7 Å². The normalized spacial score (nSPS) is 21.6. The zero-order valence-electron chi connectivity index (χ0n) is 13.4. The Balaban J connectivity index is 1.71. The Morgan fingerprint density at radius 1 is 1.23 bits per heavy atom. The molecule has 2 atom stereocenters. The molecule has 0 bridgehead atoms. The van der Waals surface area contributed by atoms with Crippen molar-refractivity contribution < 1.29 is 9.32 Å². The standard InChI is InChI=1S/C18H22N2O2/c1-12-17(13(2)22-19-12)11-15-10-16(20(3)18(15)21)9-14-7-5-4-6-8-14/h4-8,15-16H,9-11H2,1-3H3/t15?,16-/m0/s1. The van der Waals surface area contributed by atoms with Crippen molar-refractivity contribution in [1.29, 1.82) is 0 Å². The van der Waals surface area contributed by atoms with Gasteiger partial charge in [0.1, 0.15) is 5.76 Å². The Labute approximate surface area is 131 Å². The van der Waals surface area contributed by atoms with Gasteiger partial charge in [0.15, 0.2) is 0 Å². The van der Waals surface area contributed by atoms with Crippen molar-refractivity contribution in [3.8, 4) is 0 Å². The molecule has 3 rings (SSSR count). The topological polar surface area (TPSA) is 46.3 Å². The largest absolute Gasteiger partial charge is 0.361 e. The minimum absolute atomic E-state index is 0.0375. The van der Waals surface area contributed by atoms with Gasteiger partial charge in [-0.25, -0.2) is 0 Å². The van der Waals surface area contributed by atoms with Gasteiger partial charge in [0.25, 0.3) is 0 Å². The predicted molar refractivity (Wildman–Crippen MR) is 84.5 cm³/mol. The molecule has 0 spiro atoms. The van der Waals surface area contributed by atoms with Crippen LogP contribution >= 0.6 is 0 Å². The van der Waals surface area contributed by atoms with E-state index in [1.54, 1.807) is 0 Å². The molecule has 0 aliphatic carbocycles. The number of likely N-dealkylation sites (N-methyl/N-ethyl adjacent to an activating group) is 1. The van der Waals surface area contributed by atoms with Crippen molar-refractivity contribution in [2.24, 2.45) is 5.92 Å². The SMILES string of the molecule is Cc1noc(C)c1CC1C[C@H](Cc2ccccc2)N(C)C1=O. The summed E-state index contributed by atoms with van der Waals surface area (Å²) in [6, 6.07) is 10.6. The van der Waals surface area contributed by atoms with Gasteiger partial charge in [0, 0.05) is 24.6 Å². The highest BCUT2D eigenvalue weighted by Gasteiger charge is 2.37. The van der Waals surface area contributed by atoms with E-state index in [9.17, 15) is 4.79 Å². The number of likely N-dealkylation sites (tertiary alicyclic amines) is 1. The van der Waals surface area contributed by atoms with Gasteiger partial charge in [-0.2, -0.15) is 0 Å². The Kier molecular flexibility index (Phi) is 4.01. The van der Waals surface area contributed by atoms with E-state index in [4.69, 9.17) is 4.52 Å². The van der Waals surface area contributed by atoms with Crippen molar-refractivity contribution in [2.75, 3.05) is 7.05 Å². The van der Waals surface area contributed by atoms with Gasteiger partial charge in [-0.1, -0.05) is 35.5 Å². The van der Waals surface area contributed by atoms with E-state index in [-0.39, 0.29) is 17.9 Å². The fourth-order valence-corrected chi connectivity index (χ4v) is 3.37. The highest BCUT2D eigenvalue weighted by atomic mass is 16.5. The molecule has 1 aliphatic heterocycles. The average molecular weight is 298 g/mol. The molecule has 1 amide bonds. The van der Waals surface area contributed by atoms with E-state index in [0.29, 0.717) is 0 Å². The molecule has 1 saturated heterocycles. The minimum atomic E-state index is 0.0375. The molecule has 0 N–H and O–H groups in total. The van der Waals surface area contributed by atoms with Crippen LogP contribution in [0.25, 0.3) is 0 Å². The van der Waals surface area contributed by atoms with Crippen molar-refractivity contribution in [1.82, 2.24) is 10.1 Å². The van der Waals surface area contributed by atoms with Crippen molar-refractivity contribution in [2.45, 2.75) is 39.2 Å². The number of hydrogen-bond acceptors (Lipinski definition) is 3. The zero-order chi connectivity index (χ0) is 15.7. The minimum Gasteiger partial charge on any atom is -0.361 e. The fourth-order valence-electron chi connectivity index (χ4n) is 3.37. The molecule has 0 saturated carbocycles. The predicted octanol–water partition coefficient (Wildman–Crippen LogP) is 2.92. The average Bonchev–Trinajstić information content (AvgIpc) is 2.97. The summed E-state index contributed by atoms with van der Waals surface area (Å²) in [5.41, 5.74) is 3.27. The first kappa shape index (κ1) is 14.8. The van der Waals surface area contributed by atoms with Gasteiger partial charge in [-0.15, -0.1) is 0 Å². The maximum atomic E-state index is 12.5. The Morgan fingerprint density at radius 2 is 1.95 bits per heavy atom. The van der Waals surface area contributed by atoms with Crippen LogP contribution in [0.3, 0.4) is 0 Å². The van der Waals surface area contributed by atoms with Crippen molar-refractivity contribution >= 4 is 5.91 Å². The van der Waals surface area contributed by atoms with Crippen molar-refractivity contribution in [3.05, 3.63) is 52.9 Å². The van der Waals surface area contributed by atoms with E-state index in [1.807, 2.05) is 44.0 Å². The van der Waals surface area contributed by atoms with Crippen LogP contribution in [0.4, 0.5) is 0 Å². The molecular formula is C18H22N2O2. The van der Waals surface area contributed by atoms with E-state index in [2.05, 4.69) is 17.3 Å². The zero-order valence-corrected chi connectivity index (χ0v) is 13.4. The van der Waals surface area contributed by atoms with Crippen LogP contribution in [0.1, 0.15) is 29.0 Å². The smallest absolute Gasteiger partial charge is 0.226 e. The first-order valence-electron chi connectivity index (χ1n) is 7.78. The summed E-state index contributed by atoms with van der Waals surface area (Å²) in [5, 5.41) is 3.99. The number of benzene rings is 1. The molecule has 4 nitrogen and oxygen atoms in total. The van der Waals surface area contributed by atoms with Crippen LogP contribution in [0.2, 0.25) is 0 Å². The van der Waals surface area contributed by atoms with Gasteiger partial charge in [0.2, 0.25) is 5.91 Å².